The Morgan fingerprint density at radius 1 is 1.09 bits per heavy atom. The lowest BCUT2D eigenvalue weighted by atomic mass is 9.85. The summed E-state index contributed by atoms with van der Waals surface area (Å²) in [6.45, 7) is 10.5. The van der Waals surface area contributed by atoms with Gasteiger partial charge >= 0.3 is 18.2 Å². The number of carbonyl (C=O) groups is 5. The van der Waals surface area contributed by atoms with Crippen molar-refractivity contribution in [2.75, 3.05) is 26.8 Å². The molecule has 4 rings (SSSR count). The van der Waals surface area contributed by atoms with E-state index in [-0.39, 0.29) is 44.0 Å². The number of fused-ring (bicyclic) bond motifs is 3. The van der Waals surface area contributed by atoms with Gasteiger partial charge in [-0.2, -0.15) is 0 Å². The van der Waals surface area contributed by atoms with E-state index < -0.39 is 47.7 Å². The summed E-state index contributed by atoms with van der Waals surface area (Å²) < 4.78 is 16.3. The highest BCUT2D eigenvalue weighted by atomic mass is 16.6. The summed E-state index contributed by atoms with van der Waals surface area (Å²) in [5.74, 6) is -1.34. The smallest absolute Gasteiger partial charge is 0.410 e. The molecule has 3 aliphatic rings. The van der Waals surface area contributed by atoms with E-state index in [0.717, 1.165) is 30.4 Å². The first-order valence-electron chi connectivity index (χ1n) is 14.9. The van der Waals surface area contributed by atoms with Gasteiger partial charge in [-0.1, -0.05) is 53.2 Å². The summed E-state index contributed by atoms with van der Waals surface area (Å²) in [6.07, 6.45) is 0.230. The highest BCUT2D eigenvalue weighted by molar-refractivity contribution is 5.96. The Kier molecular flexibility index (Phi) is 9.56. The molecule has 3 heterocycles. The Labute approximate surface area is 252 Å². The van der Waals surface area contributed by atoms with Crippen molar-refractivity contribution < 1.29 is 38.2 Å². The number of hydrogen-bond donors (Lipinski definition) is 2. The largest absolute Gasteiger partial charge is 0.467 e. The number of nitrogens with zero attached hydrogens (tertiary/aromatic N) is 2. The van der Waals surface area contributed by atoms with Gasteiger partial charge in [0.15, 0.2) is 0 Å². The van der Waals surface area contributed by atoms with Gasteiger partial charge in [0.2, 0.25) is 5.91 Å². The molecule has 3 aliphatic heterocycles. The maximum absolute atomic E-state index is 13.9. The third kappa shape index (κ3) is 7.58. The van der Waals surface area contributed by atoms with Gasteiger partial charge in [0.25, 0.3) is 5.91 Å². The molecule has 0 radical (unpaired) electrons. The molecular weight excluding hydrogens is 556 g/mol. The van der Waals surface area contributed by atoms with Crippen LogP contribution >= 0.6 is 0 Å². The zero-order valence-corrected chi connectivity index (χ0v) is 26.0. The number of alkyl carbamates (subject to hydrolysis) is 1. The fourth-order valence-corrected chi connectivity index (χ4v) is 5.80. The monoisotopic (exact) mass is 600 g/mol. The molecule has 236 valence electrons. The lowest BCUT2D eigenvalue weighted by molar-refractivity contribution is -0.152. The molecule has 12 nitrogen and oxygen atoms in total. The maximum atomic E-state index is 13.9. The average Bonchev–Trinajstić information content (AvgIpc) is 3.57. The number of esters is 1. The van der Waals surface area contributed by atoms with Crippen LogP contribution in [-0.4, -0.2) is 84.8 Å². The van der Waals surface area contributed by atoms with E-state index in [1.165, 1.54) is 16.9 Å². The summed E-state index contributed by atoms with van der Waals surface area (Å²) in [5, 5.41) is 5.70. The molecular formula is C31H44N4O8. The van der Waals surface area contributed by atoms with E-state index in [1.807, 2.05) is 40.7 Å². The van der Waals surface area contributed by atoms with E-state index in [1.54, 1.807) is 12.1 Å². The predicted octanol–water partition coefficient (Wildman–Crippen LogP) is 3.36. The Morgan fingerprint density at radius 3 is 2.53 bits per heavy atom. The van der Waals surface area contributed by atoms with Crippen LogP contribution in [0.15, 0.2) is 18.2 Å². The summed E-state index contributed by atoms with van der Waals surface area (Å²) in [5.41, 5.74) is 1.11. The quantitative estimate of drug-likeness (QED) is 0.369. The summed E-state index contributed by atoms with van der Waals surface area (Å²) in [6, 6.07) is 3.42. The van der Waals surface area contributed by atoms with Crippen molar-refractivity contribution >= 4 is 30.0 Å². The first kappa shape index (κ1) is 32.1. The van der Waals surface area contributed by atoms with Crippen LogP contribution < -0.4 is 10.6 Å². The highest BCUT2D eigenvalue weighted by Gasteiger charge is 2.47. The van der Waals surface area contributed by atoms with E-state index in [2.05, 4.69) is 10.6 Å². The van der Waals surface area contributed by atoms with Crippen molar-refractivity contribution in [3.8, 4) is 0 Å². The van der Waals surface area contributed by atoms with Crippen LogP contribution in [0.1, 0.15) is 81.8 Å². The predicted molar refractivity (Wildman–Crippen MR) is 156 cm³/mol. The van der Waals surface area contributed by atoms with Gasteiger partial charge in [-0.25, -0.2) is 14.4 Å². The molecule has 1 fully saturated rings. The van der Waals surface area contributed by atoms with Gasteiger partial charge in [0.05, 0.1) is 26.8 Å². The van der Waals surface area contributed by atoms with E-state index in [0.29, 0.717) is 12.1 Å². The topological polar surface area (TPSA) is 144 Å². The van der Waals surface area contributed by atoms with Crippen molar-refractivity contribution in [2.45, 2.75) is 91.6 Å². The number of cyclic esters (lactones) is 1. The number of amides is 4. The minimum atomic E-state index is -1.02. The van der Waals surface area contributed by atoms with Gasteiger partial charge in [0, 0.05) is 25.1 Å². The van der Waals surface area contributed by atoms with Crippen molar-refractivity contribution in [3.05, 3.63) is 34.9 Å². The zero-order valence-electron chi connectivity index (χ0n) is 26.0. The fourth-order valence-electron chi connectivity index (χ4n) is 5.80. The molecule has 1 unspecified atom stereocenters. The molecule has 1 aromatic rings. The number of rotatable bonds is 1. The molecule has 3 atom stereocenters. The molecule has 0 saturated carbocycles. The number of hydrogen-bond acceptors (Lipinski definition) is 8. The van der Waals surface area contributed by atoms with Crippen LogP contribution in [-0.2, 0) is 36.9 Å². The lowest BCUT2D eigenvalue weighted by Crippen LogP contribution is -2.57. The number of ether oxygens (including phenoxy) is 3. The van der Waals surface area contributed by atoms with Gasteiger partial charge in [-0.15, -0.1) is 0 Å². The Balaban J connectivity index is 1.61. The lowest BCUT2D eigenvalue weighted by Gasteiger charge is -2.35. The molecule has 0 spiro atoms. The molecule has 43 heavy (non-hydrogen) atoms. The van der Waals surface area contributed by atoms with Crippen LogP contribution in [0.2, 0.25) is 0 Å². The van der Waals surface area contributed by atoms with E-state index >= 15 is 0 Å². The number of carbonyl (C=O) groups excluding carboxylic acids is 5. The Hall–Kier alpha value is -3.83. The standard InChI is InChI=1S/C31H44N4O8/c1-30(2,3)24-26(37)35-16-20(14-23(35)27(38)41-6)43-29(40)34-15-19-10-9-11-21(22(19)17-34)25(36)32-13-8-7-12-31(4,5)18-42-28(39)33-24/h9-11,20,23-24H,7-8,12-18H2,1-6H3,(H,32,36)(H,33,39)/t20-,23?,24-/m1/s1. The molecule has 1 saturated heterocycles. The SMILES string of the molecule is COC(=O)C1C[C@@H]2CN1C(=O)[C@H](C(C)(C)C)NC(=O)OCC(C)(C)CCCCNC(=O)c1cccc3c1CN(C3)C(=O)O2. The number of nitrogens with one attached hydrogen (secondary N) is 2. The molecule has 0 aliphatic carbocycles. The van der Waals surface area contributed by atoms with Crippen molar-refractivity contribution in [2.24, 2.45) is 10.8 Å². The molecule has 0 aromatic heterocycles. The second kappa shape index (κ2) is 12.8. The average molecular weight is 601 g/mol. The van der Waals surface area contributed by atoms with Gasteiger partial charge in [-0.3, -0.25) is 14.5 Å². The molecule has 12 heteroatoms. The Bertz CT molecular complexity index is 1260. The summed E-state index contributed by atoms with van der Waals surface area (Å²) in [4.78, 5) is 68.7. The highest BCUT2D eigenvalue weighted by Crippen LogP contribution is 2.31. The van der Waals surface area contributed by atoms with Crippen LogP contribution in [0, 0.1) is 10.8 Å². The van der Waals surface area contributed by atoms with Crippen LogP contribution in [0.4, 0.5) is 9.59 Å². The van der Waals surface area contributed by atoms with Crippen LogP contribution in [0.25, 0.3) is 0 Å². The number of benzene rings is 1. The first-order chi connectivity index (χ1) is 20.2. The minimum absolute atomic E-state index is 0.0465. The van der Waals surface area contributed by atoms with E-state index in [9.17, 15) is 24.0 Å². The normalized spacial score (nSPS) is 25.5. The molecule has 4 amide bonds. The minimum Gasteiger partial charge on any atom is -0.467 e. The second-order valence-electron chi connectivity index (χ2n) is 13.5. The van der Waals surface area contributed by atoms with Gasteiger partial charge < -0.3 is 29.7 Å². The van der Waals surface area contributed by atoms with Gasteiger partial charge in [0.1, 0.15) is 18.2 Å². The van der Waals surface area contributed by atoms with Crippen molar-refractivity contribution in [1.29, 1.82) is 0 Å². The molecule has 4 bridgehead atoms. The third-order valence-corrected chi connectivity index (χ3v) is 8.31. The third-order valence-electron chi connectivity index (χ3n) is 8.31. The van der Waals surface area contributed by atoms with Gasteiger partial charge in [-0.05, 0) is 40.9 Å². The second-order valence-corrected chi connectivity index (χ2v) is 13.5. The molecule has 1 aromatic carbocycles. The van der Waals surface area contributed by atoms with E-state index in [4.69, 9.17) is 14.2 Å². The Morgan fingerprint density at radius 2 is 1.84 bits per heavy atom. The van der Waals surface area contributed by atoms with Crippen molar-refractivity contribution in [3.63, 3.8) is 0 Å². The van der Waals surface area contributed by atoms with Crippen LogP contribution in [0.3, 0.4) is 0 Å². The first-order valence-corrected chi connectivity index (χ1v) is 14.9. The van der Waals surface area contributed by atoms with Crippen LogP contribution in [0.5, 0.6) is 0 Å². The molecule has 2 N–H and O–H groups in total. The fraction of sp³-hybridized carbons (Fsp3) is 0.645. The summed E-state index contributed by atoms with van der Waals surface area (Å²) >= 11 is 0. The van der Waals surface area contributed by atoms with Crippen molar-refractivity contribution in [1.82, 2.24) is 20.4 Å². The summed E-state index contributed by atoms with van der Waals surface area (Å²) in [7, 11) is 1.23. The zero-order chi connectivity index (χ0) is 31.5. The number of methoxy groups -OCH3 is 1. The maximum Gasteiger partial charge on any atom is 0.410 e.